The van der Waals surface area contributed by atoms with E-state index in [1.165, 1.54) is 12.1 Å². The topological polar surface area (TPSA) is 92.6 Å². The molecule has 1 heterocycles. The second-order valence-electron chi connectivity index (χ2n) is 5.87. The Labute approximate surface area is 129 Å². The van der Waals surface area contributed by atoms with Crippen LogP contribution < -0.4 is 5.32 Å². The number of hydrogen-bond acceptors (Lipinski definition) is 5. The fourth-order valence-corrected chi connectivity index (χ4v) is 4.62. The van der Waals surface area contributed by atoms with E-state index in [2.05, 4.69) is 5.32 Å². The van der Waals surface area contributed by atoms with Crippen LogP contribution in [0.3, 0.4) is 0 Å². The number of piperidine rings is 1. The zero-order valence-electron chi connectivity index (χ0n) is 12.1. The molecule has 1 aromatic rings. The molecule has 0 amide bonds. The van der Waals surface area contributed by atoms with E-state index in [-0.39, 0.29) is 17.0 Å². The van der Waals surface area contributed by atoms with E-state index in [1.54, 1.807) is 16.4 Å². The Morgan fingerprint density at radius 1 is 1.09 bits per heavy atom. The molecule has 1 saturated heterocycles. The van der Waals surface area contributed by atoms with Gasteiger partial charge in [0.2, 0.25) is 10.0 Å². The van der Waals surface area contributed by atoms with Crippen LogP contribution in [0.2, 0.25) is 0 Å². The molecule has 0 spiro atoms. The molecular formula is C14H19N3O4S. The lowest BCUT2D eigenvalue weighted by Gasteiger charge is -2.32. The zero-order chi connectivity index (χ0) is 15.7. The van der Waals surface area contributed by atoms with Gasteiger partial charge in [0.05, 0.1) is 10.2 Å². The van der Waals surface area contributed by atoms with Crippen LogP contribution in [0, 0.1) is 10.1 Å². The van der Waals surface area contributed by atoms with E-state index < -0.39 is 14.9 Å². The second kappa shape index (κ2) is 5.85. The molecule has 8 heteroatoms. The molecule has 7 nitrogen and oxygen atoms in total. The van der Waals surface area contributed by atoms with Gasteiger partial charge in [-0.05, 0) is 37.8 Å². The van der Waals surface area contributed by atoms with Crippen molar-refractivity contribution in [1.82, 2.24) is 4.31 Å². The summed E-state index contributed by atoms with van der Waals surface area (Å²) in [6.45, 7) is 1.09. The Balaban J connectivity index is 1.54. The Hall–Kier alpha value is -1.67. The van der Waals surface area contributed by atoms with Crippen LogP contribution >= 0.6 is 0 Å². The summed E-state index contributed by atoms with van der Waals surface area (Å²) in [7, 11) is -3.07. The summed E-state index contributed by atoms with van der Waals surface area (Å²) in [5.41, 5.74) is 0.894. The fourth-order valence-electron chi connectivity index (χ4n) is 2.75. The van der Waals surface area contributed by atoms with E-state index in [0.29, 0.717) is 13.1 Å². The van der Waals surface area contributed by atoms with E-state index in [9.17, 15) is 18.5 Å². The molecule has 1 aliphatic carbocycles. The average Bonchev–Trinajstić information content (AvgIpc) is 3.33. The molecule has 0 atom stereocenters. The first-order valence-electron chi connectivity index (χ1n) is 7.47. The van der Waals surface area contributed by atoms with Crippen LogP contribution in [-0.4, -0.2) is 42.0 Å². The molecule has 2 aliphatic rings. The Bertz CT molecular complexity index is 647. The highest BCUT2D eigenvalue weighted by molar-refractivity contribution is 7.90. The summed E-state index contributed by atoms with van der Waals surface area (Å²) >= 11 is 0. The van der Waals surface area contributed by atoms with Crippen molar-refractivity contribution in [1.29, 1.82) is 0 Å². The maximum Gasteiger partial charge on any atom is 0.269 e. The van der Waals surface area contributed by atoms with Crippen molar-refractivity contribution in [2.45, 2.75) is 37.0 Å². The van der Waals surface area contributed by atoms with Gasteiger partial charge in [0.25, 0.3) is 5.69 Å². The van der Waals surface area contributed by atoms with Crippen molar-refractivity contribution in [3.05, 3.63) is 34.4 Å². The van der Waals surface area contributed by atoms with E-state index in [1.807, 2.05) is 0 Å². The normalized spacial score (nSPS) is 20.7. The Morgan fingerprint density at radius 2 is 1.68 bits per heavy atom. The molecule has 1 aromatic carbocycles. The second-order valence-corrected chi connectivity index (χ2v) is 8.08. The van der Waals surface area contributed by atoms with Crippen LogP contribution in [0.15, 0.2) is 24.3 Å². The number of anilines is 1. The maximum absolute atomic E-state index is 12.2. The smallest absolute Gasteiger partial charge is 0.269 e. The molecule has 3 rings (SSSR count). The van der Waals surface area contributed by atoms with Gasteiger partial charge in [0.15, 0.2) is 0 Å². The van der Waals surface area contributed by atoms with E-state index in [4.69, 9.17) is 0 Å². The van der Waals surface area contributed by atoms with Crippen LogP contribution in [-0.2, 0) is 10.0 Å². The van der Waals surface area contributed by atoms with Crippen LogP contribution in [0.5, 0.6) is 0 Å². The van der Waals surface area contributed by atoms with E-state index >= 15 is 0 Å². The lowest BCUT2D eigenvalue weighted by Crippen LogP contribution is -2.43. The minimum absolute atomic E-state index is 0.0656. The molecule has 1 saturated carbocycles. The molecule has 0 unspecified atom stereocenters. The molecule has 120 valence electrons. The van der Waals surface area contributed by atoms with Crippen molar-refractivity contribution in [3.63, 3.8) is 0 Å². The number of non-ortho nitro benzene ring substituents is 1. The van der Waals surface area contributed by atoms with Gasteiger partial charge in [0, 0.05) is 37.0 Å². The molecular weight excluding hydrogens is 306 g/mol. The minimum Gasteiger partial charge on any atom is -0.382 e. The van der Waals surface area contributed by atoms with Gasteiger partial charge in [-0.3, -0.25) is 10.1 Å². The highest BCUT2D eigenvalue weighted by Gasteiger charge is 2.41. The van der Waals surface area contributed by atoms with Gasteiger partial charge in [-0.1, -0.05) is 0 Å². The highest BCUT2D eigenvalue weighted by atomic mass is 32.2. The fraction of sp³-hybridized carbons (Fsp3) is 0.571. The van der Waals surface area contributed by atoms with Gasteiger partial charge >= 0.3 is 0 Å². The van der Waals surface area contributed by atoms with Crippen LogP contribution in [0.25, 0.3) is 0 Å². The van der Waals surface area contributed by atoms with Gasteiger partial charge in [-0.25, -0.2) is 12.7 Å². The number of nitro groups is 1. The molecule has 0 radical (unpaired) electrons. The van der Waals surface area contributed by atoms with Crippen molar-refractivity contribution < 1.29 is 13.3 Å². The number of hydrogen-bond donors (Lipinski definition) is 1. The SMILES string of the molecule is O=[N+]([O-])c1ccc(NC2CCN(S(=O)(=O)C3CC3)CC2)cc1. The van der Waals surface area contributed by atoms with Gasteiger partial charge in [-0.2, -0.15) is 0 Å². The third kappa shape index (κ3) is 3.22. The lowest BCUT2D eigenvalue weighted by molar-refractivity contribution is -0.384. The molecule has 22 heavy (non-hydrogen) atoms. The first-order chi connectivity index (χ1) is 10.5. The summed E-state index contributed by atoms with van der Waals surface area (Å²) < 4.78 is 25.9. The van der Waals surface area contributed by atoms with Crippen molar-refractivity contribution >= 4 is 21.4 Å². The van der Waals surface area contributed by atoms with Gasteiger partial charge in [0.1, 0.15) is 0 Å². The Morgan fingerprint density at radius 3 is 2.18 bits per heavy atom. The molecule has 1 N–H and O–H groups in total. The van der Waals surface area contributed by atoms with Gasteiger partial charge < -0.3 is 5.32 Å². The minimum atomic E-state index is -3.07. The highest BCUT2D eigenvalue weighted by Crippen LogP contribution is 2.32. The summed E-state index contributed by atoms with van der Waals surface area (Å²) in [5, 5.41) is 13.8. The third-order valence-corrected chi connectivity index (χ3v) is 6.61. The van der Waals surface area contributed by atoms with Crippen LogP contribution in [0.4, 0.5) is 11.4 Å². The number of nitrogens with one attached hydrogen (secondary N) is 1. The lowest BCUT2D eigenvalue weighted by atomic mass is 10.1. The van der Waals surface area contributed by atoms with Crippen molar-refractivity contribution in [2.24, 2.45) is 0 Å². The standard InChI is InChI=1S/C14H19N3O4S/c18-17(19)13-3-1-11(2-4-13)15-12-7-9-16(10-8-12)22(20,21)14-5-6-14/h1-4,12,14-15H,5-10H2. The molecule has 1 aliphatic heterocycles. The summed E-state index contributed by atoms with van der Waals surface area (Å²) in [6, 6.07) is 6.51. The van der Waals surface area contributed by atoms with Crippen molar-refractivity contribution in [2.75, 3.05) is 18.4 Å². The predicted octanol–water partition coefficient (Wildman–Crippen LogP) is 1.96. The number of sulfonamides is 1. The summed E-state index contributed by atoms with van der Waals surface area (Å²) in [5.74, 6) is 0. The summed E-state index contributed by atoms with van der Waals surface area (Å²) in [6.07, 6.45) is 3.10. The molecule has 0 bridgehead atoms. The van der Waals surface area contributed by atoms with Gasteiger partial charge in [-0.15, -0.1) is 0 Å². The van der Waals surface area contributed by atoms with E-state index in [0.717, 1.165) is 31.4 Å². The average molecular weight is 325 g/mol. The first-order valence-corrected chi connectivity index (χ1v) is 8.97. The van der Waals surface area contributed by atoms with Crippen molar-refractivity contribution in [3.8, 4) is 0 Å². The number of benzene rings is 1. The number of nitro benzene ring substituents is 1. The monoisotopic (exact) mass is 325 g/mol. The maximum atomic E-state index is 12.2. The predicted molar refractivity (Wildman–Crippen MR) is 83.3 cm³/mol. The van der Waals surface area contributed by atoms with Crippen LogP contribution in [0.1, 0.15) is 25.7 Å². The Kier molecular flexibility index (Phi) is 4.05. The zero-order valence-corrected chi connectivity index (χ0v) is 13.0. The number of nitrogens with zero attached hydrogens (tertiary/aromatic N) is 2. The third-order valence-electron chi connectivity index (χ3n) is 4.21. The number of rotatable bonds is 5. The first kappa shape index (κ1) is 15.2. The molecule has 0 aromatic heterocycles. The molecule has 2 fully saturated rings. The largest absolute Gasteiger partial charge is 0.382 e. The quantitative estimate of drug-likeness (QED) is 0.660. The summed E-state index contributed by atoms with van der Waals surface area (Å²) in [4.78, 5) is 10.2.